The van der Waals surface area contributed by atoms with Crippen molar-refractivity contribution in [3.8, 4) is 0 Å². The van der Waals surface area contributed by atoms with Gasteiger partial charge < -0.3 is 25.4 Å². The maximum absolute atomic E-state index is 12.3. The van der Waals surface area contributed by atoms with Crippen molar-refractivity contribution in [2.24, 2.45) is 0 Å². The molecule has 10 nitrogen and oxygen atoms in total. The molecule has 4 amide bonds. The van der Waals surface area contributed by atoms with Crippen LogP contribution in [0.25, 0.3) is 0 Å². The maximum Gasteiger partial charge on any atom is 0.333 e. The smallest absolute Gasteiger partial charge is 0.333 e. The normalized spacial score (nSPS) is 33.0. The number of likely N-dealkylation sites (N-methyl/N-ethyl adjacent to an activating group) is 2. The first-order valence-electron chi connectivity index (χ1n) is 7.88. The molecule has 0 aromatic rings. The largest absolute Gasteiger partial charge is 0.394 e. The average molecular weight is 389 g/mol. The van der Waals surface area contributed by atoms with Gasteiger partial charge in [0.2, 0.25) is 0 Å². The SMILES string of the molecule is CS[C@@H]1O[C@H](CO)[C@@H](O)[C@H](O)[C@@H]1NC(C)=C1C(=O)N(C)C(=O)N(C)C1=O. The Labute approximate surface area is 154 Å². The van der Waals surface area contributed by atoms with Crippen LogP contribution in [0.5, 0.6) is 0 Å². The molecule has 2 rings (SSSR count). The molecule has 2 fully saturated rings. The molecule has 26 heavy (non-hydrogen) atoms. The molecule has 2 heterocycles. The number of imide groups is 2. The van der Waals surface area contributed by atoms with E-state index in [1.54, 1.807) is 6.26 Å². The molecule has 11 heteroatoms. The van der Waals surface area contributed by atoms with Gasteiger partial charge in [0, 0.05) is 19.8 Å². The lowest BCUT2D eigenvalue weighted by atomic mass is 9.97. The second-order valence-corrected chi connectivity index (χ2v) is 7.06. The molecule has 5 atom stereocenters. The number of carbonyl (C=O) groups excluding carboxylic acids is 3. The third-order valence-electron chi connectivity index (χ3n) is 4.48. The highest BCUT2D eigenvalue weighted by atomic mass is 32.2. The second kappa shape index (κ2) is 7.92. The third-order valence-corrected chi connectivity index (χ3v) is 5.35. The summed E-state index contributed by atoms with van der Waals surface area (Å²) in [6.07, 6.45) is -1.87. The number of nitrogens with zero attached hydrogens (tertiary/aromatic N) is 2. The Balaban J connectivity index is 2.32. The summed E-state index contributed by atoms with van der Waals surface area (Å²) in [6.45, 7) is 1.01. The van der Waals surface area contributed by atoms with Crippen LogP contribution < -0.4 is 5.32 Å². The van der Waals surface area contributed by atoms with Crippen molar-refractivity contribution < 1.29 is 34.4 Å². The van der Waals surface area contributed by atoms with Gasteiger partial charge in [-0.05, 0) is 13.2 Å². The van der Waals surface area contributed by atoms with Crippen LogP contribution in [0.2, 0.25) is 0 Å². The minimum Gasteiger partial charge on any atom is -0.394 e. The van der Waals surface area contributed by atoms with E-state index >= 15 is 0 Å². The van der Waals surface area contributed by atoms with Crippen molar-refractivity contribution >= 4 is 29.6 Å². The van der Waals surface area contributed by atoms with Crippen molar-refractivity contribution in [1.29, 1.82) is 0 Å². The molecular weight excluding hydrogens is 366 g/mol. The van der Waals surface area contributed by atoms with Crippen LogP contribution in [-0.4, -0.2) is 99.7 Å². The van der Waals surface area contributed by atoms with Crippen molar-refractivity contribution in [2.75, 3.05) is 27.0 Å². The summed E-state index contributed by atoms with van der Waals surface area (Å²) in [6, 6.07) is -1.58. The molecule has 2 saturated heterocycles. The zero-order valence-electron chi connectivity index (χ0n) is 14.9. The van der Waals surface area contributed by atoms with Gasteiger partial charge in [0.25, 0.3) is 11.8 Å². The number of nitrogens with one attached hydrogen (secondary N) is 1. The number of barbiturate groups is 1. The lowest BCUT2D eigenvalue weighted by molar-refractivity contribution is -0.170. The van der Waals surface area contributed by atoms with Crippen LogP contribution in [0.4, 0.5) is 4.79 Å². The van der Waals surface area contributed by atoms with Gasteiger partial charge in [-0.3, -0.25) is 19.4 Å². The van der Waals surface area contributed by atoms with Crippen LogP contribution in [-0.2, 0) is 14.3 Å². The Bertz CT molecular complexity index is 613. The molecule has 2 aliphatic heterocycles. The Morgan fingerprint density at radius 3 is 2.15 bits per heavy atom. The summed E-state index contributed by atoms with van der Waals surface area (Å²) < 4.78 is 5.55. The number of hydrogen-bond donors (Lipinski definition) is 4. The van der Waals surface area contributed by atoms with Gasteiger partial charge in [-0.15, -0.1) is 11.8 Å². The summed E-state index contributed by atoms with van der Waals surface area (Å²) in [4.78, 5) is 38.1. The van der Waals surface area contributed by atoms with Crippen LogP contribution in [0.1, 0.15) is 6.92 Å². The molecule has 0 bridgehead atoms. The van der Waals surface area contributed by atoms with E-state index in [9.17, 15) is 29.7 Å². The Morgan fingerprint density at radius 2 is 1.69 bits per heavy atom. The van der Waals surface area contributed by atoms with Gasteiger partial charge in [-0.1, -0.05) is 0 Å². The summed E-state index contributed by atoms with van der Waals surface area (Å²) in [5.74, 6) is -1.52. The molecule has 0 spiro atoms. The molecule has 0 aromatic carbocycles. The molecule has 0 radical (unpaired) electrons. The highest BCUT2D eigenvalue weighted by Crippen LogP contribution is 2.28. The van der Waals surface area contributed by atoms with Gasteiger partial charge in [0.15, 0.2) is 0 Å². The quantitative estimate of drug-likeness (QED) is 0.320. The summed E-state index contributed by atoms with van der Waals surface area (Å²) in [7, 11) is 2.53. The van der Waals surface area contributed by atoms with Crippen molar-refractivity contribution in [1.82, 2.24) is 15.1 Å². The molecule has 2 aliphatic rings. The number of carbonyl (C=O) groups is 3. The van der Waals surface area contributed by atoms with E-state index in [0.29, 0.717) is 0 Å². The number of aliphatic hydroxyl groups is 3. The fourth-order valence-corrected chi connectivity index (χ4v) is 3.68. The van der Waals surface area contributed by atoms with Crippen LogP contribution in [0.3, 0.4) is 0 Å². The first-order chi connectivity index (χ1) is 12.1. The first-order valence-corrected chi connectivity index (χ1v) is 9.17. The standard InChI is InChI=1S/C15H23N3O7S/c1-6(8-12(22)17(2)15(24)18(3)13(8)23)16-9-11(21)10(20)7(5-19)25-14(9)26-4/h7,9-11,14,16,19-21H,5H2,1-4H3/t7-,9+,10-,11-,14+/m1/s1. The molecule has 0 aromatic heterocycles. The number of hydrogen-bond acceptors (Lipinski definition) is 9. The fourth-order valence-electron chi connectivity index (χ4n) is 2.91. The van der Waals surface area contributed by atoms with E-state index in [-0.39, 0.29) is 11.3 Å². The van der Waals surface area contributed by atoms with Crippen molar-refractivity contribution in [3.05, 3.63) is 11.3 Å². The van der Waals surface area contributed by atoms with E-state index in [0.717, 1.165) is 9.80 Å². The lowest BCUT2D eigenvalue weighted by Gasteiger charge is -2.43. The number of aliphatic hydroxyl groups excluding tert-OH is 3. The number of thioether (sulfide) groups is 1. The minimum absolute atomic E-state index is 0.146. The predicted octanol–water partition coefficient (Wildman–Crippen LogP) is -1.93. The topological polar surface area (TPSA) is 140 Å². The monoisotopic (exact) mass is 389 g/mol. The third kappa shape index (κ3) is 3.45. The average Bonchev–Trinajstić information content (AvgIpc) is 2.62. The molecule has 4 N–H and O–H groups in total. The van der Waals surface area contributed by atoms with Gasteiger partial charge >= 0.3 is 6.03 Å². The Morgan fingerprint density at radius 1 is 1.15 bits per heavy atom. The maximum atomic E-state index is 12.3. The number of rotatable bonds is 4. The highest BCUT2D eigenvalue weighted by molar-refractivity contribution is 7.99. The van der Waals surface area contributed by atoms with E-state index in [4.69, 9.17) is 4.74 Å². The van der Waals surface area contributed by atoms with E-state index in [2.05, 4.69) is 5.32 Å². The minimum atomic E-state index is -1.34. The zero-order valence-corrected chi connectivity index (χ0v) is 15.7. The summed E-state index contributed by atoms with van der Waals surface area (Å²) in [5, 5.41) is 32.6. The number of amides is 4. The molecule has 0 saturated carbocycles. The number of urea groups is 1. The van der Waals surface area contributed by atoms with Crippen molar-refractivity contribution in [2.45, 2.75) is 36.7 Å². The molecule has 146 valence electrons. The predicted molar refractivity (Wildman–Crippen MR) is 91.8 cm³/mol. The first kappa shape index (κ1) is 20.6. The summed E-state index contributed by atoms with van der Waals surface area (Å²) in [5.41, 5.74) is -0.736. The molecular formula is C15H23N3O7S. The zero-order chi connectivity index (χ0) is 19.8. The van der Waals surface area contributed by atoms with Crippen LogP contribution >= 0.6 is 11.8 Å². The Kier molecular flexibility index (Phi) is 6.29. The molecule has 0 aliphatic carbocycles. The number of ether oxygens (including phenoxy) is 1. The van der Waals surface area contributed by atoms with Gasteiger partial charge in [-0.25, -0.2) is 4.79 Å². The van der Waals surface area contributed by atoms with Gasteiger partial charge in [0.1, 0.15) is 29.3 Å². The van der Waals surface area contributed by atoms with E-state index in [1.165, 1.54) is 32.8 Å². The highest BCUT2D eigenvalue weighted by Gasteiger charge is 2.45. The van der Waals surface area contributed by atoms with Crippen LogP contribution in [0, 0.1) is 0 Å². The summed E-state index contributed by atoms with van der Waals surface area (Å²) >= 11 is 1.24. The van der Waals surface area contributed by atoms with Gasteiger partial charge in [-0.2, -0.15) is 0 Å². The second-order valence-electron chi connectivity index (χ2n) is 6.12. The van der Waals surface area contributed by atoms with Crippen molar-refractivity contribution in [3.63, 3.8) is 0 Å². The molecule has 0 unspecified atom stereocenters. The van der Waals surface area contributed by atoms with Gasteiger partial charge in [0.05, 0.1) is 12.6 Å². The fraction of sp³-hybridized carbons (Fsp3) is 0.667. The lowest BCUT2D eigenvalue weighted by Crippen LogP contribution is -2.62. The van der Waals surface area contributed by atoms with Crippen LogP contribution in [0.15, 0.2) is 11.3 Å². The van der Waals surface area contributed by atoms with E-state index in [1.807, 2.05) is 0 Å². The Hall–Kier alpha value is -1.66. The van der Waals surface area contributed by atoms with E-state index < -0.39 is 54.2 Å². The number of allylic oxidation sites excluding steroid dienone is 1.